The second kappa shape index (κ2) is 4.70. The number of thiophene rings is 1. The maximum absolute atomic E-state index is 12.7. The van der Waals surface area contributed by atoms with Crippen molar-refractivity contribution in [3.8, 4) is 11.4 Å². The molecular weight excluding hydrogens is 300 g/mol. The number of nitrogens with zero attached hydrogens (tertiary/aromatic N) is 5. The van der Waals surface area contributed by atoms with E-state index in [2.05, 4.69) is 39.5 Å². The molecule has 0 saturated carbocycles. The zero-order chi connectivity index (χ0) is 15.3. The minimum absolute atomic E-state index is 0.0755. The lowest BCUT2D eigenvalue weighted by molar-refractivity contribution is 0.881. The standard InChI is InChI=1S/C14H12N6OS/c1-7(2)10-5-9-13(22-10)15-11-4-3-8(6-20(11)14(9)21)12-16-18-19-17-12/h3-7H,1-2H3,(H,16,17,18,19). The predicted molar refractivity (Wildman–Crippen MR) is 84.1 cm³/mol. The number of fused-ring (bicyclic) bond motifs is 2. The number of H-pyrrole nitrogens is 1. The lowest BCUT2D eigenvalue weighted by Gasteiger charge is -2.02. The first-order chi connectivity index (χ1) is 10.6. The Morgan fingerprint density at radius 3 is 2.91 bits per heavy atom. The molecule has 0 unspecified atom stereocenters. The summed E-state index contributed by atoms with van der Waals surface area (Å²) in [5.74, 6) is 0.823. The van der Waals surface area contributed by atoms with Gasteiger partial charge in [0.25, 0.3) is 5.56 Å². The number of pyridine rings is 1. The molecule has 0 aromatic carbocycles. The van der Waals surface area contributed by atoms with Crippen molar-refractivity contribution in [2.75, 3.05) is 0 Å². The van der Waals surface area contributed by atoms with Crippen molar-refractivity contribution in [2.24, 2.45) is 0 Å². The zero-order valence-electron chi connectivity index (χ0n) is 11.9. The van der Waals surface area contributed by atoms with E-state index in [1.165, 1.54) is 4.40 Å². The molecule has 0 aliphatic heterocycles. The molecule has 4 heterocycles. The van der Waals surface area contributed by atoms with E-state index in [1.54, 1.807) is 23.6 Å². The number of aromatic amines is 1. The van der Waals surface area contributed by atoms with Crippen LogP contribution in [0.3, 0.4) is 0 Å². The normalized spacial score (nSPS) is 11.8. The minimum atomic E-state index is -0.0755. The second-order valence-corrected chi connectivity index (χ2v) is 6.38. The first-order valence-electron chi connectivity index (χ1n) is 6.83. The molecule has 110 valence electrons. The summed E-state index contributed by atoms with van der Waals surface area (Å²) < 4.78 is 1.53. The summed E-state index contributed by atoms with van der Waals surface area (Å²) in [6.07, 6.45) is 1.70. The highest BCUT2D eigenvalue weighted by Gasteiger charge is 2.13. The first kappa shape index (κ1) is 13.1. The summed E-state index contributed by atoms with van der Waals surface area (Å²) in [7, 11) is 0. The summed E-state index contributed by atoms with van der Waals surface area (Å²) >= 11 is 1.57. The maximum Gasteiger partial charge on any atom is 0.266 e. The van der Waals surface area contributed by atoms with E-state index in [4.69, 9.17) is 0 Å². The molecule has 0 spiro atoms. The van der Waals surface area contributed by atoms with Crippen molar-refractivity contribution in [1.82, 2.24) is 30.0 Å². The fraction of sp³-hybridized carbons (Fsp3) is 0.214. The van der Waals surface area contributed by atoms with Gasteiger partial charge in [-0.25, -0.2) is 4.98 Å². The van der Waals surface area contributed by atoms with Gasteiger partial charge in [0.15, 0.2) is 0 Å². The summed E-state index contributed by atoms with van der Waals surface area (Å²) in [4.78, 5) is 19.2. The van der Waals surface area contributed by atoms with Crippen LogP contribution in [-0.2, 0) is 0 Å². The molecule has 0 fully saturated rings. The SMILES string of the molecule is CC(C)c1cc2c(=O)n3cc(-c4nn[nH]n4)ccc3nc2s1. The van der Waals surface area contributed by atoms with Crippen LogP contribution in [0.15, 0.2) is 29.2 Å². The van der Waals surface area contributed by atoms with Gasteiger partial charge in [0.1, 0.15) is 10.5 Å². The Kier molecular flexibility index (Phi) is 2.80. The van der Waals surface area contributed by atoms with Crippen LogP contribution in [0, 0.1) is 0 Å². The van der Waals surface area contributed by atoms with Crippen molar-refractivity contribution in [3.63, 3.8) is 0 Å². The molecule has 0 atom stereocenters. The van der Waals surface area contributed by atoms with Crippen LogP contribution >= 0.6 is 11.3 Å². The molecule has 22 heavy (non-hydrogen) atoms. The van der Waals surface area contributed by atoms with Gasteiger partial charge in [-0.05, 0) is 29.3 Å². The highest BCUT2D eigenvalue weighted by atomic mass is 32.1. The smallest absolute Gasteiger partial charge is 0.266 e. The quantitative estimate of drug-likeness (QED) is 0.613. The van der Waals surface area contributed by atoms with Crippen LogP contribution < -0.4 is 5.56 Å². The van der Waals surface area contributed by atoms with E-state index in [9.17, 15) is 4.79 Å². The minimum Gasteiger partial charge on any atom is -0.268 e. The average molecular weight is 312 g/mol. The van der Waals surface area contributed by atoms with E-state index in [0.717, 1.165) is 9.71 Å². The van der Waals surface area contributed by atoms with Gasteiger partial charge < -0.3 is 0 Å². The highest BCUT2D eigenvalue weighted by Crippen LogP contribution is 2.28. The molecule has 4 aromatic rings. The van der Waals surface area contributed by atoms with E-state index in [-0.39, 0.29) is 5.56 Å². The van der Waals surface area contributed by atoms with Crippen LogP contribution in [0.4, 0.5) is 0 Å². The number of rotatable bonds is 2. The lowest BCUT2D eigenvalue weighted by atomic mass is 10.2. The van der Waals surface area contributed by atoms with Crippen molar-refractivity contribution in [1.29, 1.82) is 0 Å². The van der Waals surface area contributed by atoms with Gasteiger partial charge in [-0.2, -0.15) is 5.21 Å². The van der Waals surface area contributed by atoms with Crippen LogP contribution in [0.2, 0.25) is 0 Å². The second-order valence-electron chi connectivity index (χ2n) is 5.32. The van der Waals surface area contributed by atoms with Crippen molar-refractivity contribution in [2.45, 2.75) is 19.8 Å². The van der Waals surface area contributed by atoms with Crippen molar-refractivity contribution >= 4 is 27.2 Å². The average Bonchev–Trinajstić information content (AvgIpc) is 3.16. The highest BCUT2D eigenvalue weighted by molar-refractivity contribution is 7.18. The predicted octanol–water partition coefficient (Wildman–Crippen LogP) is 2.21. The molecule has 4 rings (SSSR count). The third kappa shape index (κ3) is 1.92. The summed E-state index contributed by atoms with van der Waals surface area (Å²) in [5, 5.41) is 14.5. The molecule has 0 bridgehead atoms. The molecule has 8 heteroatoms. The largest absolute Gasteiger partial charge is 0.268 e. The van der Waals surface area contributed by atoms with E-state index in [1.807, 2.05) is 12.1 Å². The molecule has 0 radical (unpaired) electrons. The molecule has 4 aromatic heterocycles. The monoisotopic (exact) mass is 312 g/mol. The Labute approximate surface area is 128 Å². The van der Waals surface area contributed by atoms with E-state index < -0.39 is 0 Å². The van der Waals surface area contributed by atoms with Gasteiger partial charge in [-0.3, -0.25) is 9.20 Å². The molecule has 0 aliphatic rings. The zero-order valence-corrected chi connectivity index (χ0v) is 12.8. The van der Waals surface area contributed by atoms with Crippen LogP contribution in [0.1, 0.15) is 24.6 Å². The van der Waals surface area contributed by atoms with Gasteiger partial charge >= 0.3 is 0 Å². The van der Waals surface area contributed by atoms with Crippen molar-refractivity contribution < 1.29 is 0 Å². The third-order valence-electron chi connectivity index (χ3n) is 3.50. The summed E-state index contributed by atoms with van der Waals surface area (Å²) in [6, 6.07) is 5.56. The molecule has 0 amide bonds. The number of aromatic nitrogens is 6. The van der Waals surface area contributed by atoms with Gasteiger partial charge in [-0.15, -0.1) is 21.5 Å². The Bertz CT molecular complexity index is 1030. The van der Waals surface area contributed by atoms with Crippen molar-refractivity contribution in [3.05, 3.63) is 39.6 Å². The topological polar surface area (TPSA) is 88.8 Å². The lowest BCUT2D eigenvalue weighted by Crippen LogP contribution is -2.14. The molecule has 0 aliphatic carbocycles. The first-order valence-corrected chi connectivity index (χ1v) is 7.65. The Balaban J connectivity index is 2.02. The number of hydrogen-bond donors (Lipinski definition) is 1. The molecule has 1 N–H and O–H groups in total. The van der Waals surface area contributed by atoms with Gasteiger partial charge in [-0.1, -0.05) is 13.8 Å². The fourth-order valence-corrected chi connectivity index (χ4v) is 3.35. The Morgan fingerprint density at radius 2 is 2.18 bits per heavy atom. The van der Waals surface area contributed by atoms with Crippen LogP contribution in [0.5, 0.6) is 0 Å². The number of nitrogens with one attached hydrogen (secondary N) is 1. The molecule has 0 saturated heterocycles. The number of tetrazole rings is 1. The Hall–Kier alpha value is -2.61. The third-order valence-corrected chi connectivity index (χ3v) is 4.83. The van der Waals surface area contributed by atoms with E-state index >= 15 is 0 Å². The van der Waals surface area contributed by atoms with Gasteiger partial charge in [0.05, 0.1) is 5.39 Å². The summed E-state index contributed by atoms with van der Waals surface area (Å²) in [6.45, 7) is 4.22. The Morgan fingerprint density at radius 1 is 1.32 bits per heavy atom. The van der Waals surface area contributed by atoms with Gasteiger partial charge in [0, 0.05) is 16.6 Å². The summed E-state index contributed by atoms with van der Waals surface area (Å²) in [5.41, 5.74) is 1.25. The molecular formula is C14H12N6OS. The maximum atomic E-state index is 12.7. The van der Waals surface area contributed by atoms with E-state index in [0.29, 0.717) is 28.3 Å². The van der Waals surface area contributed by atoms with Gasteiger partial charge in [0.2, 0.25) is 5.82 Å². The molecule has 7 nitrogen and oxygen atoms in total. The fourth-order valence-electron chi connectivity index (χ4n) is 2.32. The van der Waals surface area contributed by atoms with Crippen LogP contribution in [0.25, 0.3) is 27.3 Å². The van der Waals surface area contributed by atoms with Crippen LogP contribution in [-0.4, -0.2) is 30.0 Å². The number of hydrogen-bond acceptors (Lipinski definition) is 6.